The van der Waals surface area contributed by atoms with Gasteiger partial charge in [-0.2, -0.15) is 0 Å². The Balaban J connectivity index is 2.43. The number of rotatable bonds is 6. The lowest BCUT2D eigenvalue weighted by molar-refractivity contribution is -0.274. The van der Waals surface area contributed by atoms with Crippen LogP contribution in [0.2, 0.25) is 0 Å². The summed E-state index contributed by atoms with van der Waals surface area (Å²) < 4.78 is 39.9. The van der Waals surface area contributed by atoms with Gasteiger partial charge in [-0.05, 0) is 31.3 Å². The number of amides is 3. The molecule has 0 aliphatic heterocycles. The highest BCUT2D eigenvalue weighted by atomic mass is 19.4. The molecule has 0 saturated carbocycles. The molecule has 138 valence electrons. The summed E-state index contributed by atoms with van der Waals surface area (Å²) in [6, 6.07) is 4.63. The monoisotopic (exact) mass is 362 g/mol. The third kappa shape index (κ3) is 9.15. The first-order valence-corrected chi connectivity index (χ1v) is 6.95. The van der Waals surface area contributed by atoms with Gasteiger partial charge in [0.1, 0.15) is 5.75 Å². The fourth-order valence-corrected chi connectivity index (χ4v) is 1.68. The summed E-state index contributed by atoms with van der Waals surface area (Å²) in [5.74, 6) is -1.83. The van der Waals surface area contributed by atoms with Gasteiger partial charge in [0.15, 0.2) is 0 Å². The first kappa shape index (κ1) is 20.2. The van der Waals surface area contributed by atoms with Gasteiger partial charge >= 0.3 is 6.36 Å². The SMILES string of the molecule is CC(=O)NNC(=O)CN(C)CC(=O)Nc1ccc(OC(F)(F)F)cc1. The molecule has 1 aromatic rings. The summed E-state index contributed by atoms with van der Waals surface area (Å²) in [6.45, 7) is 0.933. The molecule has 0 atom stereocenters. The highest BCUT2D eigenvalue weighted by molar-refractivity contribution is 5.92. The maximum atomic E-state index is 12.0. The molecule has 11 heteroatoms. The summed E-state index contributed by atoms with van der Waals surface area (Å²) in [4.78, 5) is 35.3. The van der Waals surface area contributed by atoms with Crippen molar-refractivity contribution in [1.82, 2.24) is 15.8 Å². The van der Waals surface area contributed by atoms with E-state index in [9.17, 15) is 27.6 Å². The third-order valence-electron chi connectivity index (χ3n) is 2.58. The van der Waals surface area contributed by atoms with Crippen molar-refractivity contribution in [2.75, 3.05) is 25.5 Å². The van der Waals surface area contributed by atoms with Gasteiger partial charge in [0, 0.05) is 12.6 Å². The molecule has 0 fully saturated rings. The van der Waals surface area contributed by atoms with Crippen molar-refractivity contribution in [2.45, 2.75) is 13.3 Å². The molecule has 1 aromatic carbocycles. The van der Waals surface area contributed by atoms with Crippen molar-refractivity contribution < 1.29 is 32.3 Å². The molecule has 8 nitrogen and oxygen atoms in total. The Hall–Kier alpha value is -2.82. The Morgan fingerprint density at radius 1 is 1.04 bits per heavy atom. The van der Waals surface area contributed by atoms with Crippen molar-refractivity contribution in [3.63, 3.8) is 0 Å². The van der Waals surface area contributed by atoms with Crippen molar-refractivity contribution in [3.8, 4) is 5.75 Å². The second kappa shape index (κ2) is 8.87. The summed E-state index contributed by atoms with van der Waals surface area (Å²) in [5.41, 5.74) is 4.52. The van der Waals surface area contributed by atoms with Gasteiger partial charge in [-0.3, -0.25) is 30.1 Å². The zero-order valence-electron chi connectivity index (χ0n) is 13.4. The number of benzene rings is 1. The van der Waals surface area contributed by atoms with Gasteiger partial charge < -0.3 is 10.1 Å². The number of likely N-dealkylation sites (N-methyl/N-ethyl adjacent to an activating group) is 1. The van der Waals surface area contributed by atoms with Crippen LogP contribution < -0.4 is 20.9 Å². The number of anilines is 1. The normalized spacial score (nSPS) is 11.0. The molecule has 0 radical (unpaired) electrons. The lowest BCUT2D eigenvalue weighted by Gasteiger charge is -2.16. The lowest BCUT2D eigenvalue weighted by Crippen LogP contribution is -2.46. The van der Waals surface area contributed by atoms with Crippen molar-refractivity contribution in [1.29, 1.82) is 0 Å². The highest BCUT2D eigenvalue weighted by Gasteiger charge is 2.30. The molecule has 0 aromatic heterocycles. The fourth-order valence-electron chi connectivity index (χ4n) is 1.68. The molecule has 0 bridgehead atoms. The van der Waals surface area contributed by atoms with Gasteiger partial charge in [0.25, 0.3) is 5.91 Å². The van der Waals surface area contributed by atoms with E-state index >= 15 is 0 Å². The first-order chi connectivity index (χ1) is 11.5. The largest absolute Gasteiger partial charge is 0.573 e. The van der Waals surface area contributed by atoms with E-state index in [2.05, 4.69) is 20.9 Å². The Labute approximate surface area is 141 Å². The number of alkyl halides is 3. The molecule has 0 saturated heterocycles. The maximum absolute atomic E-state index is 12.0. The second-order valence-electron chi connectivity index (χ2n) is 5.02. The van der Waals surface area contributed by atoms with E-state index in [-0.39, 0.29) is 18.8 Å². The van der Waals surface area contributed by atoms with Crippen LogP contribution in [0, 0.1) is 0 Å². The first-order valence-electron chi connectivity index (χ1n) is 6.95. The van der Waals surface area contributed by atoms with Crippen LogP contribution in [0.25, 0.3) is 0 Å². The van der Waals surface area contributed by atoms with Gasteiger partial charge in [-0.1, -0.05) is 0 Å². The van der Waals surface area contributed by atoms with Gasteiger partial charge in [0.2, 0.25) is 11.8 Å². The molecule has 1 rings (SSSR count). The molecular weight excluding hydrogens is 345 g/mol. The summed E-state index contributed by atoms with van der Waals surface area (Å²) in [7, 11) is 1.51. The van der Waals surface area contributed by atoms with Crippen molar-refractivity contribution in [2.24, 2.45) is 0 Å². The van der Waals surface area contributed by atoms with Crippen molar-refractivity contribution in [3.05, 3.63) is 24.3 Å². The van der Waals surface area contributed by atoms with E-state index in [0.29, 0.717) is 0 Å². The smallest absolute Gasteiger partial charge is 0.406 e. The molecule has 0 spiro atoms. The second-order valence-corrected chi connectivity index (χ2v) is 5.02. The topological polar surface area (TPSA) is 99.8 Å². The third-order valence-corrected chi connectivity index (χ3v) is 2.58. The summed E-state index contributed by atoms with van der Waals surface area (Å²) in [6.07, 6.45) is -4.79. The average molecular weight is 362 g/mol. The van der Waals surface area contributed by atoms with Crippen LogP contribution in [-0.2, 0) is 14.4 Å². The molecule has 0 heterocycles. The van der Waals surface area contributed by atoms with Crippen LogP contribution in [0.1, 0.15) is 6.92 Å². The minimum absolute atomic E-state index is 0.145. The summed E-state index contributed by atoms with van der Waals surface area (Å²) in [5, 5.41) is 2.47. The number of nitrogens with zero attached hydrogens (tertiary/aromatic N) is 1. The van der Waals surface area contributed by atoms with Gasteiger partial charge in [0.05, 0.1) is 13.1 Å². The van der Waals surface area contributed by atoms with E-state index in [1.54, 1.807) is 0 Å². The molecule has 25 heavy (non-hydrogen) atoms. The standard InChI is InChI=1S/C14H17F3N4O4/c1-9(22)19-20-13(24)8-21(2)7-12(23)18-10-3-5-11(6-4-10)25-14(15,16)17/h3-6H,7-8H2,1-2H3,(H,18,23)(H,19,22)(H,20,24). The van der Waals surface area contributed by atoms with E-state index < -0.39 is 29.8 Å². The van der Waals surface area contributed by atoms with E-state index in [0.717, 1.165) is 12.1 Å². The molecule has 0 aliphatic carbocycles. The predicted octanol–water partition coefficient (Wildman–Crippen LogP) is 0.623. The number of hydrogen-bond acceptors (Lipinski definition) is 5. The van der Waals surface area contributed by atoms with Gasteiger partial charge in [-0.25, -0.2) is 0 Å². The number of hydrazine groups is 1. The number of halogens is 3. The quantitative estimate of drug-likeness (QED) is 0.645. The predicted molar refractivity (Wildman–Crippen MR) is 81.2 cm³/mol. The number of ether oxygens (including phenoxy) is 1. The minimum atomic E-state index is -4.79. The molecule has 3 N–H and O–H groups in total. The molecule has 0 aliphatic rings. The zero-order valence-corrected chi connectivity index (χ0v) is 13.4. The molecule has 0 unspecified atom stereocenters. The fraction of sp³-hybridized carbons (Fsp3) is 0.357. The van der Waals surface area contributed by atoms with Crippen LogP contribution in [0.3, 0.4) is 0 Å². The highest BCUT2D eigenvalue weighted by Crippen LogP contribution is 2.23. The van der Waals surface area contributed by atoms with E-state index in [1.807, 2.05) is 0 Å². The minimum Gasteiger partial charge on any atom is -0.406 e. The van der Waals surface area contributed by atoms with Crippen LogP contribution in [0.15, 0.2) is 24.3 Å². The lowest BCUT2D eigenvalue weighted by atomic mass is 10.3. The van der Waals surface area contributed by atoms with Crippen LogP contribution in [0.4, 0.5) is 18.9 Å². The Morgan fingerprint density at radius 2 is 1.60 bits per heavy atom. The average Bonchev–Trinajstić information content (AvgIpc) is 2.45. The number of carbonyl (C=O) groups is 3. The number of nitrogens with one attached hydrogen (secondary N) is 3. The Bertz CT molecular complexity index is 619. The van der Waals surface area contributed by atoms with E-state index in [1.165, 1.54) is 31.0 Å². The zero-order chi connectivity index (χ0) is 19.0. The Kier molecular flexibility index (Phi) is 7.18. The van der Waals surface area contributed by atoms with Crippen LogP contribution in [-0.4, -0.2) is 49.1 Å². The maximum Gasteiger partial charge on any atom is 0.573 e. The van der Waals surface area contributed by atoms with Crippen LogP contribution in [0.5, 0.6) is 5.75 Å². The van der Waals surface area contributed by atoms with Gasteiger partial charge in [-0.15, -0.1) is 13.2 Å². The van der Waals surface area contributed by atoms with E-state index in [4.69, 9.17) is 0 Å². The molecular formula is C14H17F3N4O4. The molecule has 3 amide bonds. The van der Waals surface area contributed by atoms with Crippen molar-refractivity contribution >= 4 is 23.4 Å². The number of hydrogen-bond donors (Lipinski definition) is 3. The summed E-state index contributed by atoms with van der Waals surface area (Å²) >= 11 is 0. The number of carbonyl (C=O) groups excluding carboxylic acids is 3. The van der Waals surface area contributed by atoms with Crippen LogP contribution >= 0.6 is 0 Å². The Morgan fingerprint density at radius 3 is 2.12 bits per heavy atom.